The minimum atomic E-state index is -0.535. The summed E-state index contributed by atoms with van der Waals surface area (Å²) in [5.74, 6) is 0.484. The predicted molar refractivity (Wildman–Crippen MR) is 79.2 cm³/mol. The maximum absolute atomic E-state index is 11.9. The molecule has 0 saturated heterocycles. The smallest absolute Gasteiger partial charge is 0.251 e. The van der Waals surface area contributed by atoms with Gasteiger partial charge < -0.3 is 15.2 Å². The minimum absolute atomic E-state index is 0.165. The lowest BCUT2D eigenvalue weighted by molar-refractivity contribution is 0.0942. The number of carbonyl (C=O) groups excluding carboxylic acids is 1. The highest BCUT2D eigenvalue weighted by Gasteiger charge is 2.10. The van der Waals surface area contributed by atoms with Gasteiger partial charge in [0.15, 0.2) is 0 Å². The quantitative estimate of drug-likeness (QED) is 0.860. The molecule has 0 aliphatic rings. The molecule has 0 unspecified atom stereocenters. The molecule has 2 rings (SSSR count). The Morgan fingerprint density at radius 2 is 2.30 bits per heavy atom. The van der Waals surface area contributed by atoms with Crippen molar-refractivity contribution in [3.8, 4) is 5.75 Å². The van der Waals surface area contributed by atoms with Gasteiger partial charge in [0.1, 0.15) is 5.75 Å². The molecule has 20 heavy (non-hydrogen) atoms. The zero-order valence-corrected chi connectivity index (χ0v) is 12.0. The molecular weight excluding hydrogens is 274 g/mol. The molecular formula is C15H17NO3S. The standard InChI is InChI=1S/C15H17NO3S/c1-19-13-4-2-3-11(9-13)15(18)16-7-5-14(17)12-6-8-20-10-12/h2-4,6,8-10,14,17H,5,7H2,1H3,(H,16,18)/t14-/m0/s1. The molecule has 106 valence electrons. The van der Waals surface area contributed by atoms with E-state index in [4.69, 9.17) is 4.74 Å². The Balaban J connectivity index is 1.83. The Labute approximate surface area is 122 Å². The van der Waals surface area contributed by atoms with Crippen LogP contribution < -0.4 is 10.1 Å². The molecule has 0 saturated carbocycles. The summed E-state index contributed by atoms with van der Waals surface area (Å²) in [5, 5.41) is 16.5. The van der Waals surface area contributed by atoms with Crippen molar-refractivity contribution in [3.63, 3.8) is 0 Å². The molecule has 0 bridgehead atoms. The molecule has 0 radical (unpaired) electrons. The fraction of sp³-hybridized carbons (Fsp3) is 0.267. The number of methoxy groups -OCH3 is 1. The summed E-state index contributed by atoms with van der Waals surface area (Å²) < 4.78 is 5.08. The minimum Gasteiger partial charge on any atom is -0.497 e. The predicted octanol–water partition coefficient (Wildman–Crippen LogP) is 2.61. The maximum Gasteiger partial charge on any atom is 0.251 e. The summed E-state index contributed by atoms with van der Waals surface area (Å²) >= 11 is 1.55. The van der Waals surface area contributed by atoms with E-state index >= 15 is 0 Å². The lowest BCUT2D eigenvalue weighted by Crippen LogP contribution is -2.25. The highest BCUT2D eigenvalue weighted by Crippen LogP contribution is 2.18. The number of benzene rings is 1. The number of amides is 1. The summed E-state index contributed by atoms with van der Waals surface area (Å²) in [5.41, 5.74) is 1.44. The van der Waals surface area contributed by atoms with Crippen LogP contribution in [0.3, 0.4) is 0 Å². The number of hydrogen-bond donors (Lipinski definition) is 2. The molecule has 0 aliphatic heterocycles. The summed E-state index contributed by atoms with van der Waals surface area (Å²) in [6, 6.07) is 8.86. The second-order valence-electron chi connectivity index (χ2n) is 4.35. The molecule has 1 aromatic heterocycles. The highest BCUT2D eigenvalue weighted by atomic mass is 32.1. The molecule has 1 atom stereocenters. The van der Waals surface area contributed by atoms with Gasteiger partial charge in [-0.1, -0.05) is 6.07 Å². The number of aliphatic hydroxyl groups is 1. The van der Waals surface area contributed by atoms with E-state index in [1.165, 1.54) is 0 Å². The van der Waals surface area contributed by atoms with Crippen molar-refractivity contribution in [3.05, 3.63) is 52.2 Å². The second-order valence-corrected chi connectivity index (χ2v) is 5.13. The van der Waals surface area contributed by atoms with Crippen LogP contribution in [0.25, 0.3) is 0 Å². The molecule has 1 heterocycles. The van der Waals surface area contributed by atoms with Gasteiger partial charge >= 0.3 is 0 Å². The lowest BCUT2D eigenvalue weighted by Gasteiger charge is -2.10. The number of thiophene rings is 1. The molecule has 2 aromatic rings. The SMILES string of the molecule is COc1cccc(C(=O)NCC[C@H](O)c2ccsc2)c1. The van der Waals surface area contributed by atoms with Gasteiger partial charge in [0.25, 0.3) is 5.91 Å². The monoisotopic (exact) mass is 291 g/mol. The fourth-order valence-electron chi connectivity index (χ4n) is 1.82. The fourth-order valence-corrected chi connectivity index (χ4v) is 2.53. The van der Waals surface area contributed by atoms with Crippen LogP contribution in [0.1, 0.15) is 28.4 Å². The van der Waals surface area contributed by atoms with Crippen LogP contribution in [0.4, 0.5) is 0 Å². The molecule has 1 aromatic carbocycles. The van der Waals surface area contributed by atoms with E-state index in [2.05, 4.69) is 5.32 Å². The number of carbonyl (C=O) groups is 1. The first kappa shape index (κ1) is 14.6. The van der Waals surface area contributed by atoms with Gasteiger partial charge in [-0.2, -0.15) is 11.3 Å². The topological polar surface area (TPSA) is 58.6 Å². The first-order valence-corrected chi connectivity index (χ1v) is 7.27. The van der Waals surface area contributed by atoms with Gasteiger partial charge in [0.05, 0.1) is 13.2 Å². The number of hydrogen-bond acceptors (Lipinski definition) is 4. The van der Waals surface area contributed by atoms with E-state index in [0.717, 1.165) is 5.56 Å². The normalized spacial score (nSPS) is 11.9. The van der Waals surface area contributed by atoms with E-state index in [0.29, 0.717) is 24.3 Å². The zero-order valence-electron chi connectivity index (χ0n) is 11.2. The van der Waals surface area contributed by atoms with E-state index < -0.39 is 6.10 Å². The molecule has 0 spiro atoms. The van der Waals surface area contributed by atoms with Crippen LogP contribution in [-0.4, -0.2) is 24.7 Å². The number of ether oxygens (including phenoxy) is 1. The number of aliphatic hydroxyl groups excluding tert-OH is 1. The Morgan fingerprint density at radius 1 is 1.45 bits per heavy atom. The second kappa shape index (κ2) is 7.07. The Kier molecular flexibility index (Phi) is 5.15. The van der Waals surface area contributed by atoms with Gasteiger partial charge in [-0.3, -0.25) is 4.79 Å². The molecule has 1 amide bonds. The summed E-state index contributed by atoms with van der Waals surface area (Å²) in [6.45, 7) is 0.424. The van der Waals surface area contributed by atoms with E-state index in [1.807, 2.05) is 16.8 Å². The van der Waals surface area contributed by atoms with Gasteiger partial charge in [0.2, 0.25) is 0 Å². The largest absolute Gasteiger partial charge is 0.497 e. The average molecular weight is 291 g/mol. The van der Waals surface area contributed by atoms with E-state index in [9.17, 15) is 9.90 Å². The molecule has 2 N–H and O–H groups in total. The summed E-state index contributed by atoms with van der Waals surface area (Å²) in [4.78, 5) is 11.9. The lowest BCUT2D eigenvalue weighted by atomic mass is 10.1. The first-order valence-electron chi connectivity index (χ1n) is 6.33. The summed E-state index contributed by atoms with van der Waals surface area (Å²) in [6.07, 6.45) is -0.0428. The molecule has 0 aliphatic carbocycles. The third kappa shape index (κ3) is 3.82. The molecule has 5 heteroatoms. The molecule has 0 fully saturated rings. The Hall–Kier alpha value is -1.85. The van der Waals surface area contributed by atoms with E-state index in [1.54, 1.807) is 42.7 Å². The Morgan fingerprint density at radius 3 is 3.00 bits per heavy atom. The van der Waals surface area contributed by atoms with Gasteiger partial charge in [-0.05, 0) is 47.0 Å². The van der Waals surface area contributed by atoms with Gasteiger partial charge in [0, 0.05) is 12.1 Å². The van der Waals surface area contributed by atoms with Gasteiger partial charge in [-0.25, -0.2) is 0 Å². The van der Waals surface area contributed by atoms with Crippen LogP contribution in [0, 0.1) is 0 Å². The van der Waals surface area contributed by atoms with Crippen LogP contribution in [0.5, 0.6) is 5.75 Å². The van der Waals surface area contributed by atoms with Crippen LogP contribution in [0.2, 0.25) is 0 Å². The van der Waals surface area contributed by atoms with Crippen molar-refractivity contribution in [2.45, 2.75) is 12.5 Å². The third-order valence-electron chi connectivity index (χ3n) is 2.96. The molecule has 4 nitrogen and oxygen atoms in total. The first-order chi connectivity index (χ1) is 9.70. The van der Waals surface area contributed by atoms with Crippen LogP contribution in [-0.2, 0) is 0 Å². The van der Waals surface area contributed by atoms with Crippen LogP contribution >= 0.6 is 11.3 Å². The van der Waals surface area contributed by atoms with Crippen molar-refractivity contribution < 1.29 is 14.6 Å². The maximum atomic E-state index is 11.9. The van der Waals surface area contributed by atoms with Gasteiger partial charge in [-0.15, -0.1) is 0 Å². The number of rotatable bonds is 6. The van der Waals surface area contributed by atoms with Crippen molar-refractivity contribution >= 4 is 17.2 Å². The Bertz CT molecular complexity index is 554. The highest BCUT2D eigenvalue weighted by molar-refractivity contribution is 7.07. The zero-order chi connectivity index (χ0) is 14.4. The summed E-state index contributed by atoms with van der Waals surface area (Å²) in [7, 11) is 1.56. The van der Waals surface area contributed by atoms with Crippen molar-refractivity contribution in [2.75, 3.05) is 13.7 Å². The number of nitrogens with one attached hydrogen (secondary N) is 1. The van der Waals surface area contributed by atoms with Crippen molar-refractivity contribution in [1.82, 2.24) is 5.32 Å². The van der Waals surface area contributed by atoms with Crippen molar-refractivity contribution in [2.24, 2.45) is 0 Å². The van der Waals surface area contributed by atoms with Crippen LogP contribution in [0.15, 0.2) is 41.1 Å². The average Bonchev–Trinajstić information content (AvgIpc) is 3.01. The third-order valence-corrected chi connectivity index (χ3v) is 3.66. The van der Waals surface area contributed by atoms with Crippen molar-refractivity contribution in [1.29, 1.82) is 0 Å². The van der Waals surface area contributed by atoms with E-state index in [-0.39, 0.29) is 5.91 Å².